The van der Waals surface area contributed by atoms with Crippen molar-refractivity contribution in [3.05, 3.63) is 76.8 Å². The second-order valence-electron chi connectivity index (χ2n) is 11.5. The van der Waals surface area contributed by atoms with E-state index < -0.39 is 17.8 Å². The molecule has 0 saturated carbocycles. The van der Waals surface area contributed by atoms with Crippen LogP contribution >= 0.6 is 0 Å². The molecule has 0 amide bonds. The number of fused-ring (bicyclic) bond motifs is 1. The van der Waals surface area contributed by atoms with Crippen LogP contribution in [0, 0.1) is 17.1 Å². The van der Waals surface area contributed by atoms with Crippen molar-refractivity contribution in [2.24, 2.45) is 0 Å². The van der Waals surface area contributed by atoms with Gasteiger partial charge in [0, 0.05) is 29.8 Å². The zero-order valence-electron chi connectivity index (χ0n) is 24.9. The molecule has 47 heavy (non-hydrogen) atoms. The number of nitrogens with one attached hydrogen (secondary N) is 1. The summed E-state index contributed by atoms with van der Waals surface area (Å²) in [7, 11) is 0. The molecule has 5 aromatic rings. The number of imidazole rings is 1. The Hall–Kier alpha value is -5.01. The van der Waals surface area contributed by atoms with Crippen molar-refractivity contribution in [2.45, 2.75) is 57.2 Å². The Morgan fingerprint density at radius 3 is 2.55 bits per heavy atom. The van der Waals surface area contributed by atoms with Crippen molar-refractivity contribution in [1.29, 1.82) is 5.26 Å². The fraction of sp³-hybridized carbons (Fsp3) is 0.387. The molecule has 242 valence electrons. The highest BCUT2D eigenvalue weighted by molar-refractivity contribution is 5.75. The highest BCUT2D eigenvalue weighted by Gasteiger charge is 2.36. The van der Waals surface area contributed by atoms with Gasteiger partial charge in [-0.25, -0.2) is 14.4 Å². The molecule has 2 fully saturated rings. The number of aromatic nitrogens is 8. The molecule has 0 spiro atoms. The Balaban J connectivity index is 1.02. The van der Waals surface area contributed by atoms with E-state index in [1.54, 1.807) is 18.2 Å². The standard InChI is InChI=1S/C31H28F4N10O2/c32-22-12-18(14-36)4-5-20(22)17-47-27-3-1-2-23(38-27)19-6-9-44(10-7-19)16-26-37-25-13-24(28-39-30(43-41-28)31(33,34)35)40-42-29(25)45(26)15-21-8-11-46-21/h1-5,12-13,19,21H,6-11,15-17H2,(H,39,41,43)/t21-/m0/s1. The van der Waals surface area contributed by atoms with Crippen molar-refractivity contribution < 1.29 is 27.0 Å². The molecule has 4 aromatic heterocycles. The van der Waals surface area contributed by atoms with Crippen LogP contribution in [0.1, 0.15) is 53.7 Å². The van der Waals surface area contributed by atoms with Gasteiger partial charge in [0.1, 0.15) is 29.5 Å². The summed E-state index contributed by atoms with van der Waals surface area (Å²) in [6.45, 7) is 3.34. The van der Waals surface area contributed by atoms with Gasteiger partial charge in [-0.3, -0.25) is 4.90 Å². The first-order valence-electron chi connectivity index (χ1n) is 15.1. The molecule has 2 aliphatic heterocycles. The predicted octanol–water partition coefficient (Wildman–Crippen LogP) is 4.78. The van der Waals surface area contributed by atoms with Crippen LogP contribution in [-0.2, 0) is 30.6 Å². The van der Waals surface area contributed by atoms with E-state index in [-0.39, 0.29) is 35.7 Å². The third-order valence-electron chi connectivity index (χ3n) is 8.42. The number of halogens is 4. The molecule has 2 saturated heterocycles. The molecule has 0 radical (unpaired) electrons. The van der Waals surface area contributed by atoms with Gasteiger partial charge < -0.3 is 19.0 Å². The minimum Gasteiger partial charge on any atom is -0.473 e. The highest BCUT2D eigenvalue weighted by atomic mass is 19.4. The average molecular weight is 649 g/mol. The normalized spacial score (nSPS) is 17.5. The number of piperidine rings is 1. The summed E-state index contributed by atoms with van der Waals surface area (Å²) in [6, 6.07) is 13.3. The summed E-state index contributed by atoms with van der Waals surface area (Å²) < 4.78 is 66.8. The van der Waals surface area contributed by atoms with Crippen molar-refractivity contribution in [1.82, 2.24) is 44.8 Å². The molecule has 7 rings (SSSR count). The summed E-state index contributed by atoms with van der Waals surface area (Å²) >= 11 is 0. The molecular formula is C31H28F4N10O2. The lowest BCUT2D eigenvalue weighted by atomic mass is 9.93. The summed E-state index contributed by atoms with van der Waals surface area (Å²) in [6.07, 6.45) is -2.02. The molecule has 1 aromatic carbocycles. The van der Waals surface area contributed by atoms with Gasteiger partial charge in [-0.05, 0) is 56.6 Å². The number of nitrogens with zero attached hydrogens (tertiary/aromatic N) is 9. The Morgan fingerprint density at radius 2 is 1.85 bits per heavy atom. The molecule has 0 bridgehead atoms. The number of pyridine rings is 1. The smallest absolute Gasteiger partial charge is 0.451 e. The maximum atomic E-state index is 14.3. The molecular weight excluding hydrogens is 620 g/mol. The highest BCUT2D eigenvalue weighted by Crippen LogP contribution is 2.31. The van der Waals surface area contributed by atoms with Crippen LogP contribution in [0.4, 0.5) is 17.6 Å². The molecule has 0 aliphatic carbocycles. The SMILES string of the molecule is N#Cc1ccc(COc2cccc(C3CCN(Cc4nc5cc(-c6nnc(C(F)(F)F)[nH]6)nnc5n4C[C@@H]4CCO4)CC3)n2)c(F)c1. The zero-order chi connectivity index (χ0) is 32.5. The van der Waals surface area contributed by atoms with Crippen LogP contribution in [0.15, 0.2) is 42.5 Å². The number of rotatable bonds is 9. The van der Waals surface area contributed by atoms with E-state index in [2.05, 4.69) is 35.3 Å². The maximum Gasteiger partial charge on any atom is 0.451 e. The lowest BCUT2D eigenvalue weighted by Crippen LogP contribution is -2.35. The van der Waals surface area contributed by atoms with Crippen molar-refractivity contribution in [3.8, 4) is 23.5 Å². The number of H-pyrrole nitrogens is 1. The second kappa shape index (κ2) is 12.6. The van der Waals surface area contributed by atoms with Crippen LogP contribution in [0.3, 0.4) is 0 Å². The van der Waals surface area contributed by atoms with Gasteiger partial charge in [-0.2, -0.15) is 18.4 Å². The largest absolute Gasteiger partial charge is 0.473 e. The number of benzene rings is 1. The number of alkyl halides is 3. The van der Waals surface area contributed by atoms with Crippen molar-refractivity contribution in [2.75, 3.05) is 19.7 Å². The predicted molar refractivity (Wildman–Crippen MR) is 157 cm³/mol. The van der Waals surface area contributed by atoms with Crippen LogP contribution in [0.25, 0.3) is 22.7 Å². The van der Waals surface area contributed by atoms with E-state index in [9.17, 15) is 17.6 Å². The molecule has 6 heterocycles. The molecule has 2 aliphatic rings. The Bertz CT molecular complexity index is 1940. The summed E-state index contributed by atoms with van der Waals surface area (Å²) in [5.41, 5.74) is 2.62. The number of likely N-dealkylation sites (tertiary alicyclic amines) is 1. The zero-order valence-corrected chi connectivity index (χ0v) is 24.9. The minimum absolute atomic E-state index is 0.00178. The van der Waals surface area contributed by atoms with Gasteiger partial charge in [0.25, 0.3) is 0 Å². The minimum atomic E-state index is -4.66. The van der Waals surface area contributed by atoms with Crippen LogP contribution in [-0.4, -0.2) is 70.6 Å². The van der Waals surface area contributed by atoms with Crippen molar-refractivity contribution in [3.63, 3.8) is 0 Å². The fourth-order valence-electron chi connectivity index (χ4n) is 5.75. The van der Waals surface area contributed by atoms with Gasteiger partial charge in [0.2, 0.25) is 11.7 Å². The maximum absolute atomic E-state index is 14.3. The number of aromatic amines is 1. The Kier molecular flexibility index (Phi) is 8.24. The van der Waals surface area contributed by atoms with E-state index in [1.165, 1.54) is 12.1 Å². The molecule has 1 atom stereocenters. The van der Waals surface area contributed by atoms with Crippen LogP contribution in [0.2, 0.25) is 0 Å². The summed E-state index contributed by atoms with van der Waals surface area (Å²) in [5, 5.41) is 24.2. The Morgan fingerprint density at radius 1 is 1.02 bits per heavy atom. The molecule has 16 heteroatoms. The van der Waals surface area contributed by atoms with Crippen LogP contribution < -0.4 is 4.74 Å². The quantitative estimate of drug-likeness (QED) is 0.222. The first kappa shape index (κ1) is 30.6. The summed E-state index contributed by atoms with van der Waals surface area (Å²) in [4.78, 5) is 14.0. The van der Waals surface area contributed by atoms with Gasteiger partial charge in [0.15, 0.2) is 11.5 Å². The third kappa shape index (κ3) is 6.62. The van der Waals surface area contributed by atoms with Gasteiger partial charge in [-0.15, -0.1) is 20.4 Å². The van der Waals surface area contributed by atoms with Crippen LogP contribution in [0.5, 0.6) is 5.88 Å². The lowest BCUT2D eigenvalue weighted by Gasteiger charge is -2.32. The fourth-order valence-corrected chi connectivity index (χ4v) is 5.75. The lowest BCUT2D eigenvalue weighted by molar-refractivity contribution is -0.144. The van der Waals surface area contributed by atoms with E-state index in [0.717, 1.165) is 43.9 Å². The van der Waals surface area contributed by atoms with E-state index in [0.29, 0.717) is 42.3 Å². The first-order chi connectivity index (χ1) is 22.7. The number of hydrogen-bond acceptors (Lipinski definition) is 10. The van der Waals surface area contributed by atoms with Gasteiger partial charge in [0.05, 0.1) is 30.8 Å². The number of nitriles is 1. The van der Waals surface area contributed by atoms with Gasteiger partial charge in [-0.1, -0.05) is 12.1 Å². The number of ether oxygens (including phenoxy) is 2. The third-order valence-corrected chi connectivity index (χ3v) is 8.42. The molecule has 0 unspecified atom stereocenters. The van der Waals surface area contributed by atoms with E-state index in [1.807, 2.05) is 22.8 Å². The molecule has 1 N–H and O–H groups in total. The first-order valence-corrected chi connectivity index (χ1v) is 15.1. The summed E-state index contributed by atoms with van der Waals surface area (Å²) in [5.74, 6) is -0.474. The van der Waals surface area contributed by atoms with E-state index >= 15 is 0 Å². The van der Waals surface area contributed by atoms with Crippen molar-refractivity contribution >= 4 is 11.2 Å². The van der Waals surface area contributed by atoms with E-state index in [4.69, 9.17) is 19.7 Å². The monoisotopic (exact) mass is 648 g/mol. The van der Waals surface area contributed by atoms with Gasteiger partial charge >= 0.3 is 6.18 Å². The average Bonchev–Trinajstić information content (AvgIpc) is 3.68. The second-order valence-corrected chi connectivity index (χ2v) is 11.5. The molecule has 12 nitrogen and oxygen atoms in total. The Labute approximate surface area is 265 Å². The topological polar surface area (TPSA) is 144 Å². The number of hydrogen-bond donors (Lipinski definition) is 1.